The quantitative estimate of drug-likeness (QED) is 0.527. The van der Waals surface area contributed by atoms with Gasteiger partial charge in [0.2, 0.25) is 0 Å². The highest BCUT2D eigenvalue weighted by Crippen LogP contribution is 2.33. The first-order valence-corrected chi connectivity index (χ1v) is 8.32. The Morgan fingerprint density at radius 3 is 2.48 bits per heavy atom. The second-order valence-electron chi connectivity index (χ2n) is 5.39. The molecule has 0 saturated carbocycles. The number of ether oxygens (including phenoxy) is 1. The number of hydrogen-bond acceptors (Lipinski definition) is 3. The number of aryl methyl sites for hydroxylation is 1. The Balaban J connectivity index is 2.01. The van der Waals surface area contributed by atoms with Gasteiger partial charge in [-0.15, -0.1) is 11.3 Å². The van der Waals surface area contributed by atoms with Crippen molar-refractivity contribution in [3.05, 3.63) is 65.5 Å². The molecule has 2 aromatic heterocycles. The molecule has 0 atom stereocenters. The summed E-state index contributed by atoms with van der Waals surface area (Å²) in [6.07, 6.45) is 0. The van der Waals surface area contributed by atoms with Crippen LogP contribution in [0.1, 0.15) is 5.56 Å². The van der Waals surface area contributed by atoms with Crippen molar-refractivity contribution < 1.29 is 4.74 Å². The van der Waals surface area contributed by atoms with Crippen LogP contribution in [-0.4, -0.2) is 16.7 Å². The van der Waals surface area contributed by atoms with Gasteiger partial charge in [0, 0.05) is 5.69 Å². The fourth-order valence-corrected chi connectivity index (χ4v) is 3.68. The van der Waals surface area contributed by atoms with E-state index in [0.29, 0.717) is 0 Å². The molecule has 4 rings (SSSR count). The van der Waals surface area contributed by atoms with E-state index in [1.54, 1.807) is 18.4 Å². The Hall–Kier alpha value is -2.59. The second-order valence-corrected chi connectivity index (χ2v) is 6.31. The molecule has 4 heteroatoms. The first kappa shape index (κ1) is 14.0. The van der Waals surface area contributed by atoms with Crippen molar-refractivity contribution in [1.82, 2.24) is 9.55 Å². The zero-order valence-corrected chi connectivity index (χ0v) is 13.8. The molecule has 2 heterocycles. The van der Waals surface area contributed by atoms with Gasteiger partial charge < -0.3 is 4.74 Å². The van der Waals surface area contributed by atoms with Gasteiger partial charge in [-0.25, -0.2) is 4.98 Å². The number of fused-ring (bicyclic) bond motifs is 1. The molecular formula is C19H16N2OS. The van der Waals surface area contributed by atoms with Gasteiger partial charge in [-0.05, 0) is 60.3 Å². The van der Waals surface area contributed by atoms with E-state index in [0.717, 1.165) is 28.3 Å². The smallest absolute Gasteiger partial charge is 0.156 e. The molecule has 4 aromatic rings. The Morgan fingerprint density at radius 2 is 1.78 bits per heavy atom. The molecule has 0 unspecified atom stereocenters. The van der Waals surface area contributed by atoms with Crippen LogP contribution in [0, 0.1) is 6.92 Å². The van der Waals surface area contributed by atoms with Crippen molar-refractivity contribution in [2.24, 2.45) is 0 Å². The molecule has 0 amide bonds. The normalized spacial score (nSPS) is 11.0. The number of hydrogen-bond donors (Lipinski definition) is 0. The van der Waals surface area contributed by atoms with Crippen LogP contribution in [0.2, 0.25) is 0 Å². The highest BCUT2D eigenvalue weighted by atomic mass is 32.1. The molecule has 0 aliphatic carbocycles. The summed E-state index contributed by atoms with van der Waals surface area (Å²) in [5, 5.41) is 2.11. The predicted molar refractivity (Wildman–Crippen MR) is 95.7 cm³/mol. The van der Waals surface area contributed by atoms with Gasteiger partial charge >= 0.3 is 0 Å². The molecule has 0 saturated heterocycles. The van der Waals surface area contributed by atoms with Gasteiger partial charge in [0.1, 0.15) is 5.75 Å². The van der Waals surface area contributed by atoms with Gasteiger partial charge in [0.25, 0.3) is 0 Å². The molecule has 3 nitrogen and oxygen atoms in total. The summed E-state index contributed by atoms with van der Waals surface area (Å²) in [4.78, 5) is 6.08. The van der Waals surface area contributed by atoms with Gasteiger partial charge in [-0.2, -0.15) is 0 Å². The number of rotatable bonds is 3. The zero-order chi connectivity index (χ0) is 15.8. The maximum atomic E-state index is 5.27. The van der Waals surface area contributed by atoms with Gasteiger partial charge in [0.15, 0.2) is 5.82 Å². The van der Waals surface area contributed by atoms with Crippen LogP contribution in [-0.2, 0) is 0 Å². The topological polar surface area (TPSA) is 27.1 Å². The first-order chi connectivity index (χ1) is 11.3. The maximum absolute atomic E-state index is 5.27. The van der Waals surface area contributed by atoms with Crippen molar-refractivity contribution in [3.63, 3.8) is 0 Å². The Bertz CT molecular complexity index is 967. The second kappa shape index (κ2) is 5.56. The number of aromatic nitrogens is 2. The lowest BCUT2D eigenvalue weighted by molar-refractivity contribution is 0.415. The SMILES string of the molecule is COc1ccc(-n2c(-c3sccc3C)nc3ccccc32)cc1. The van der Waals surface area contributed by atoms with Gasteiger partial charge in [-0.3, -0.25) is 4.57 Å². The standard InChI is InChI=1S/C19H16N2OS/c1-13-11-12-23-18(13)19-20-16-5-3-4-6-17(16)21(19)14-7-9-15(22-2)10-8-14/h3-12H,1-2H3. The number of thiophene rings is 1. The molecule has 0 radical (unpaired) electrons. The molecule has 23 heavy (non-hydrogen) atoms. The van der Waals surface area contributed by atoms with E-state index >= 15 is 0 Å². The highest BCUT2D eigenvalue weighted by molar-refractivity contribution is 7.13. The molecule has 0 aliphatic heterocycles. The molecule has 0 aliphatic rings. The van der Waals surface area contributed by atoms with Gasteiger partial charge in [-0.1, -0.05) is 12.1 Å². The van der Waals surface area contributed by atoms with Crippen LogP contribution in [0.3, 0.4) is 0 Å². The van der Waals surface area contributed by atoms with E-state index in [-0.39, 0.29) is 0 Å². The summed E-state index contributed by atoms with van der Waals surface area (Å²) in [7, 11) is 1.68. The minimum atomic E-state index is 0.854. The lowest BCUT2D eigenvalue weighted by atomic mass is 10.2. The van der Waals surface area contributed by atoms with Crippen molar-refractivity contribution in [2.45, 2.75) is 6.92 Å². The van der Waals surface area contributed by atoms with E-state index in [2.05, 4.69) is 53.3 Å². The van der Waals surface area contributed by atoms with Crippen LogP contribution in [0.4, 0.5) is 0 Å². The zero-order valence-electron chi connectivity index (χ0n) is 13.0. The van der Waals surface area contributed by atoms with E-state index in [4.69, 9.17) is 9.72 Å². The van der Waals surface area contributed by atoms with E-state index in [1.165, 1.54) is 10.4 Å². The van der Waals surface area contributed by atoms with Crippen LogP contribution in [0.5, 0.6) is 5.75 Å². The molecule has 0 N–H and O–H groups in total. The van der Waals surface area contributed by atoms with Gasteiger partial charge in [0.05, 0.1) is 23.0 Å². The van der Waals surface area contributed by atoms with Crippen molar-refractivity contribution in [1.29, 1.82) is 0 Å². The molecule has 0 fully saturated rings. The minimum absolute atomic E-state index is 0.854. The minimum Gasteiger partial charge on any atom is -0.497 e. The Morgan fingerprint density at radius 1 is 1.00 bits per heavy atom. The summed E-state index contributed by atoms with van der Waals surface area (Å²) >= 11 is 1.73. The largest absolute Gasteiger partial charge is 0.497 e. The number of nitrogens with zero attached hydrogens (tertiary/aromatic N) is 2. The third-order valence-corrected chi connectivity index (χ3v) is 4.97. The first-order valence-electron chi connectivity index (χ1n) is 7.44. The summed E-state index contributed by atoms with van der Waals surface area (Å²) in [6, 6.07) is 18.5. The molecule has 2 aromatic carbocycles. The van der Waals surface area contributed by atoms with Crippen LogP contribution in [0.15, 0.2) is 60.0 Å². The third kappa shape index (κ3) is 2.32. The lowest BCUT2D eigenvalue weighted by Crippen LogP contribution is -1.97. The number of benzene rings is 2. The summed E-state index contributed by atoms with van der Waals surface area (Å²) < 4.78 is 7.49. The van der Waals surface area contributed by atoms with Crippen LogP contribution < -0.4 is 4.74 Å². The molecule has 114 valence electrons. The Labute approximate surface area is 138 Å². The van der Waals surface area contributed by atoms with E-state index < -0.39 is 0 Å². The summed E-state index contributed by atoms with van der Waals surface area (Å²) in [5.74, 6) is 1.84. The summed E-state index contributed by atoms with van der Waals surface area (Å²) in [6.45, 7) is 2.13. The fourth-order valence-electron chi connectivity index (χ4n) is 2.77. The number of methoxy groups -OCH3 is 1. The number of para-hydroxylation sites is 2. The van der Waals surface area contributed by atoms with E-state index in [9.17, 15) is 0 Å². The predicted octanol–water partition coefficient (Wildman–Crippen LogP) is 5.07. The van der Waals surface area contributed by atoms with Crippen molar-refractivity contribution in [2.75, 3.05) is 7.11 Å². The third-order valence-electron chi connectivity index (χ3n) is 3.96. The molecule has 0 spiro atoms. The van der Waals surface area contributed by atoms with Crippen molar-refractivity contribution in [3.8, 4) is 22.1 Å². The number of imidazole rings is 1. The average molecular weight is 320 g/mol. The average Bonchev–Trinajstić information content (AvgIpc) is 3.18. The van der Waals surface area contributed by atoms with Crippen LogP contribution in [0.25, 0.3) is 27.4 Å². The fraction of sp³-hybridized carbons (Fsp3) is 0.105. The Kier molecular flexibility index (Phi) is 3.39. The molecular weight excluding hydrogens is 304 g/mol. The monoisotopic (exact) mass is 320 g/mol. The van der Waals surface area contributed by atoms with E-state index in [1.807, 2.05) is 18.2 Å². The lowest BCUT2D eigenvalue weighted by Gasteiger charge is -2.10. The molecule has 0 bridgehead atoms. The van der Waals surface area contributed by atoms with Crippen LogP contribution >= 0.6 is 11.3 Å². The summed E-state index contributed by atoms with van der Waals surface area (Å²) in [5.41, 5.74) is 4.45. The highest BCUT2D eigenvalue weighted by Gasteiger charge is 2.16. The maximum Gasteiger partial charge on any atom is 0.156 e. The van der Waals surface area contributed by atoms with Crippen molar-refractivity contribution >= 4 is 22.4 Å².